The molecule has 104 valence electrons. The van der Waals surface area contributed by atoms with E-state index in [1.165, 1.54) is 6.07 Å². The van der Waals surface area contributed by atoms with E-state index in [9.17, 15) is 9.59 Å². The van der Waals surface area contributed by atoms with Gasteiger partial charge in [-0.25, -0.2) is 0 Å². The average Bonchev–Trinajstić information content (AvgIpc) is 2.48. The van der Waals surface area contributed by atoms with E-state index in [1.807, 2.05) is 12.3 Å². The van der Waals surface area contributed by atoms with Gasteiger partial charge < -0.3 is 10.3 Å². The fraction of sp³-hybridized carbons (Fsp3) is 0.214. The zero-order valence-corrected chi connectivity index (χ0v) is 11.9. The van der Waals surface area contributed by atoms with Crippen LogP contribution in [0.5, 0.6) is 0 Å². The van der Waals surface area contributed by atoms with Crippen molar-refractivity contribution in [3.8, 4) is 11.4 Å². The van der Waals surface area contributed by atoms with Crippen LogP contribution in [0.15, 0.2) is 41.3 Å². The summed E-state index contributed by atoms with van der Waals surface area (Å²) in [5.41, 5.74) is 0.968. The highest BCUT2D eigenvalue weighted by atomic mass is 32.2. The van der Waals surface area contributed by atoms with Gasteiger partial charge in [0.15, 0.2) is 0 Å². The second kappa shape index (κ2) is 6.91. The molecule has 6 heteroatoms. The third-order valence-electron chi connectivity index (χ3n) is 2.69. The second-order valence-electron chi connectivity index (χ2n) is 4.08. The summed E-state index contributed by atoms with van der Waals surface area (Å²) in [5, 5.41) is 2.70. The Hall–Kier alpha value is -2.08. The highest BCUT2D eigenvalue weighted by Crippen LogP contribution is 2.11. The van der Waals surface area contributed by atoms with Crippen LogP contribution in [0.4, 0.5) is 0 Å². The van der Waals surface area contributed by atoms with Crippen LogP contribution in [-0.2, 0) is 0 Å². The smallest absolute Gasteiger partial charge is 0.261 e. The second-order valence-corrected chi connectivity index (χ2v) is 5.06. The zero-order chi connectivity index (χ0) is 14.4. The standard InChI is InChI=1S/C14H15N3O2S/c1-20-9-8-16-13(18)10-5-6-12(17-14(10)19)11-4-2-3-7-15-11/h2-7H,8-9H2,1H3,(H,16,18)(H,17,19). The Balaban J connectivity index is 2.18. The maximum absolute atomic E-state index is 11.9. The summed E-state index contributed by atoms with van der Waals surface area (Å²) >= 11 is 1.63. The summed E-state index contributed by atoms with van der Waals surface area (Å²) in [5.74, 6) is 0.461. The fourth-order valence-corrected chi connectivity index (χ4v) is 1.99. The lowest BCUT2D eigenvalue weighted by atomic mass is 10.2. The van der Waals surface area contributed by atoms with Gasteiger partial charge in [-0.2, -0.15) is 11.8 Å². The summed E-state index contributed by atoms with van der Waals surface area (Å²) in [6.07, 6.45) is 3.61. The summed E-state index contributed by atoms with van der Waals surface area (Å²) in [7, 11) is 0. The lowest BCUT2D eigenvalue weighted by Gasteiger charge is -2.05. The summed E-state index contributed by atoms with van der Waals surface area (Å²) in [4.78, 5) is 30.6. The number of carbonyl (C=O) groups is 1. The third kappa shape index (κ3) is 3.48. The van der Waals surface area contributed by atoms with Gasteiger partial charge in [0.25, 0.3) is 11.5 Å². The minimum Gasteiger partial charge on any atom is -0.351 e. The molecule has 0 aliphatic heterocycles. The molecule has 0 atom stereocenters. The zero-order valence-electron chi connectivity index (χ0n) is 11.1. The molecule has 2 rings (SSSR count). The molecular formula is C14H15N3O2S. The van der Waals surface area contributed by atoms with Crippen molar-refractivity contribution < 1.29 is 4.79 Å². The Morgan fingerprint density at radius 3 is 2.85 bits per heavy atom. The van der Waals surface area contributed by atoms with Crippen LogP contribution in [0.2, 0.25) is 0 Å². The number of rotatable bonds is 5. The Morgan fingerprint density at radius 1 is 1.35 bits per heavy atom. The van der Waals surface area contributed by atoms with Gasteiger partial charge in [-0.3, -0.25) is 14.6 Å². The molecule has 0 radical (unpaired) electrons. The number of thioether (sulfide) groups is 1. The van der Waals surface area contributed by atoms with Crippen molar-refractivity contribution >= 4 is 17.7 Å². The highest BCUT2D eigenvalue weighted by Gasteiger charge is 2.10. The van der Waals surface area contributed by atoms with Crippen LogP contribution in [-0.4, -0.2) is 34.4 Å². The van der Waals surface area contributed by atoms with Gasteiger partial charge in [-0.15, -0.1) is 0 Å². The number of hydrogen-bond acceptors (Lipinski definition) is 4. The summed E-state index contributed by atoms with van der Waals surface area (Å²) in [6.45, 7) is 0.543. The molecule has 5 nitrogen and oxygen atoms in total. The Morgan fingerprint density at radius 2 is 2.20 bits per heavy atom. The first-order valence-corrected chi connectivity index (χ1v) is 7.53. The molecule has 2 aromatic rings. The number of aromatic amines is 1. The van der Waals surface area contributed by atoms with Gasteiger partial charge in [0.05, 0.1) is 11.4 Å². The lowest BCUT2D eigenvalue weighted by Crippen LogP contribution is -2.31. The van der Waals surface area contributed by atoms with Crippen molar-refractivity contribution in [3.05, 3.63) is 52.4 Å². The minimum absolute atomic E-state index is 0.116. The Kier molecular flexibility index (Phi) is 4.95. The number of aromatic nitrogens is 2. The van der Waals surface area contributed by atoms with Crippen LogP contribution < -0.4 is 10.9 Å². The number of pyridine rings is 2. The van der Waals surface area contributed by atoms with Crippen LogP contribution >= 0.6 is 11.8 Å². The van der Waals surface area contributed by atoms with Gasteiger partial charge in [-0.05, 0) is 30.5 Å². The van der Waals surface area contributed by atoms with Crippen LogP contribution in [0.25, 0.3) is 11.4 Å². The van der Waals surface area contributed by atoms with E-state index in [0.29, 0.717) is 17.9 Å². The number of carbonyl (C=O) groups excluding carboxylic acids is 1. The van der Waals surface area contributed by atoms with E-state index in [4.69, 9.17) is 0 Å². The summed E-state index contributed by atoms with van der Waals surface area (Å²) < 4.78 is 0. The maximum Gasteiger partial charge on any atom is 0.261 e. The molecule has 1 amide bonds. The average molecular weight is 289 g/mol. The van der Waals surface area contributed by atoms with E-state index in [2.05, 4.69) is 15.3 Å². The van der Waals surface area contributed by atoms with Crippen molar-refractivity contribution in [1.29, 1.82) is 0 Å². The molecule has 2 heterocycles. The molecule has 0 unspecified atom stereocenters. The van der Waals surface area contributed by atoms with Crippen LogP contribution in [0.3, 0.4) is 0 Å². The summed E-state index contributed by atoms with van der Waals surface area (Å²) in [6, 6.07) is 8.65. The molecule has 0 saturated carbocycles. The first-order valence-electron chi connectivity index (χ1n) is 6.14. The number of nitrogens with one attached hydrogen (secondary N) is 2. The molecule has 0 spiro atoms. The van der Waals surface area contributed by atoms with E-state index in [1.54, 1.807) is 36.2 Å². The Bertz CT molecular complexity index is 640. The molecule has 0 aliphatic carbocycles. The fourth-order valence-electron chi connectivity index (χ4n) is 1.69. The van der Waals surface area contributed by atoms with Crippen molar-refractivity contribution in [2.24, 2.45) is 0 Å². The van der Waals surface area contributed by atoms with Gasteiger partial charge in [0, 0.05) is 18.5 Å². The van der Waals surface area contributed by atoms with E-state index in [-0.39, 0.29) is 11.5 Å². The topological polar surface area (TPSA) is 74.8 Å². The van der Waals surface area contributed by atoms with Crippen molar-refractivity contribution in [2.75, 3.05) is 18.6 Å². The van der Waals surface area contributed by atoms with E-state index >= 15 is 0 Å². The predicted octanol–water partition coefficient (Wildman–Crippen LogP) is 1.53. The van der Waals surface area contributed by atoms with Crippen LogP contribution in [0, 0.1) is 0 Å². The van der Waals surface area contributed by atoms with Crippen molar-refractivity contribution in [2.45, 2.75) is 0 Å². The highest BCUT2D eigenvalue weighted by molar-refractivity contribution is 7.98. The number of hydrogen-bond donors (Lipinski definition) is 2. The van der Waals surface area contributed by atoms with Gasteiger partial charge >= 0.3 is 0 Å². The SMILES string of the molecule is CSCCNC(=O)c1ccc(-c2ccccn2)[nH]c1=O. The first-order chi connectivity index (χ1) is 9.72. The van der Waals surface area contributed by atoms with Crippen LogP contribution in [0.1, 0.15) is 10.4 Å². The predicted molar refractivity (Wildman–Crippen MR) is 81.0 cm³/mol. The van der Waals surface area contributed by atoms with Crippen molar-refractivity contribution in [3.63, 3.8) is 0 Å². The first kappa shape index (κ1) is 14.3. The molecule has 2 aromatic heterocycles. The molecule has 0 aromatic carbocycles. The number of H-pyrrole nitrogens is 1. The largest absolute Gasteiger partial charge is 0.351 e. The molecule has 0 saturated heterocycles. The monoisotopic (exact) mass is 289 g/mol. The van der Waals surface area contributed by atoms with Gasteiger partial charge in [0.1, 0.15) is 5.56 Å². The quantitative estimate of drug-likeness (QED) is 0.819. The Labute approximate surface area is 120 Å². The molecule has 0 fully saturated rings. The molecule has 0 bridgehead atoms. The number of amides is 1. The normalized spacial score (nSPS) is 10.2. The minimum atomic E-state index is -0.408. The van der Waals surface area contributed by atoms with E-state index < -0.39 is 5.56 Å². The number of nitrogens with zero attached hydrogens (tertiary/aromatic N) is 1. The van der Waals surface area contributed by atoms with Gasteiger partial charge in [0.2, 0.25) is 0 Å². The molecule has 2 N–H and O–H groups in total. The lowest BCUT2D eigenvalue weighted by molar-refractivity contribution is 0.0954. The molecular weight excluding hydrogens is 274 g/mol. The molecule has 0 aliphatic rings. The van der Waals surface area contributed by atoms with E-state index in [0.717, 1.165) is 5.75 Å². The third-order valence-corrected chi connectivity index (χ3v) is 3.30. The maximum atomic E-state index is 11.9. The van der Waals surface area contributed by atoms with Gasteiger partial charge in [-0.1, -0.05) is 6.07 Å². The van der Waals surface area contributed by atoms with Crippen molar-refractivity contribution in [1.82, 2.24) is 15.3 Å². The molecule has 20 heavy (non-hydrogen) atoms.